The number of nitrogens with one attached hydrogen (secondary N) is 1. The van der Waals surface area contributed by atoms with E-state index in [4.69, 9.17) is 9.47 Å². The molecule has 0 spiro atoms. The normalized spacial score (nSPS) is 11.1. The van der Waals surface area contributed by atoms with E-state index in [1.165, 1.54) is 0 Å². The largest absolute Gasteiger partial charge is 0.487 e. The van der Waals surface area contributed by atoms with Crippen molar-refractivity contribution in [3.63, 3.8) is 0 Å². The van der Waals surface area contributed by atoms with Crippen LogP contribution in [0, 0.1) is 5.92 Å². The Morgan fingerprint density at radius 3 is 2.68 bits per heavy atom. The predicted octanol–water partition coefficient (Wildman–Crippen LogP) is 3.34. The van der Waals surface area contributed by atoms with E-state index in [-0.39, 0.29) is 6.10 Å². The molecule has 108 valence electrons. The summed E-state index contributed by atoms with van der Waals surface area (Å²) in [6.45, 7) is 10.7. The second-order valence-electron chi connectivity index (χ2n) is 5.24. The second kappa shape index (κ2) is 8.75. The maximum absolute atomic E-state index is 5.69. The Balaban J connectivity index is 2.28. The molecule has 0 radical (unpaired) electrons. The first-order chi connectivity index (χ1) is 9.09. The zero-order valence-electron chi connectivity index (χ0n) is 12.5. The minimum absolute atomic E-state index is 0.145. The summed E-state index contributed by atoms with van der Waals surface area (Å²) in [5.41, 5.74) is 0. The number of ether oxygens (including phenoxy) is 2. The zero-order valence-corrected chi connectivity index (χ0v) is 12.5. The Hall–Kier alpha value is -1.29. The highest BCUT2D eigenvalue weighted by Gasteiger charge is 2.05. The third kappa shape index (κ3) is 7.01. The van der Waals surface area contributed by atoms with Crippen molar-refractivity contribution in [2.45, 2.75) is 40.2 Å². The van der Waals surface area contributed by atoms with Crippen molar-refractivity contribution in [1.29, 1.82) is 0 Å². The number of anilines is 1. The third-order valence-corrected chi connectivity index (χ3v) is 2.51. The van der Waals surface area contributed by atoms with Crippen molar-refractivity contribution < 1.29 is 9.47 Å². The van der Waals surface area contributed by atoms with Crippen LogP contribution in [0.25, 0.3) is 0 Å². The van der Waals surface area contributed by atoms with Crippen LogP contribution in [0.5, 0.6) is 5.75 Å². The molecule has 4 nitrogen and oxygen atoms in total. The maximum atomic E-state index is 5.69. The Bertz CT molecular complexity index is 354. The van der Waals surface area contributed by atoms with Crippen LogP contribution < -0.4 is 10.1 Å². The molecule has 19 heavy (non-hydrogen) atoms. The molecule has 4 heteroatoms. The fourth-order valence-corrected chi connectivity index (χ4v) is 1.54. The molecular formula is C15H26N2O2. The van der Waals surface area contributed by atoms with Crippen LogP contribution in [0.1, 0.15) is 34.1 Å². The molecule has 0 amide bonds. The van der Waals surface area contributed by atoms with E-state index in [0.717, 1.165) is 31.1 Å². The number of hydrogen-bond acceptors (Lipinski definition) is 4. The average molecular weight is 266 g/mol. The number of hydrogen-bond donors (Lipinski definition) is 1. The van der Waals surface area contributed by atoms with Gasteiger partial charge in [0.1, 0.15) is 0 Å². The Morgan fingerprint density at radius 2 is 2.00 bits per heavy atom. The minimum atomic E-state index is 0.145. The van der Waals surface area contributed by atoms with Crippen LogP contribution in [0.3, 0.4) is 0 Å². The van der Waals surface area contributed by atoms with Crippen LogP contribution in [-0.4, -0.2) is 30.8 Å². The fraction of sp³-hybridized carbons (Fsp3) is 0.667. The molecule has 0 bridgehead atoms. The summed E-state index contributed by atoms with van der Waals surface area (Å²) in [5, 5.41) is 3.25. The zero-order chi connectivity index (χ0) is 14.1. The summed E-state index contributed by atoms with van der Waals surface area (Å²) in [7, 11) is 0. The maximum Gasteiger partial charge on any atom is 0.168 e. The molecule has 0 saturated heterocycles. The molecule has 0 aliphatic carbocycles. The summed E-state index contributed by atoms with van der Waals surface area (Å²) in [4.78, 5) is 4.29. The van der Waals surface area contributed by atoms with Crippen LogP contribution in [0.4, 0.5) is 5.82 Å². The molecule has 0 aliphatic rings. The summed E-state index contributed by atoms with van der Waals surface area (Å²) >= 11 is 0. The topological polar surface area (TPSA) is 43.4 Å². The fourth-order valence-electron chi connectivity index (χ4n) is 1.54. The Kier molecular flexibility index (Phi) is 7.26. The van der Waals surface area contributed by atoms with Crippen molar-refractivity contribution in [3.8, 4) is 5.75 Å². The first kappa shape index (κ1) is 15.8. The average Bonchev–Trinajstić information content (AvgIpc) is 2.34. The molecule has 1 rings (SSSR count). The van der Waals surface area contributed by atoms with E-state index in [1.54, 1.807) is 6.20 Å². The summed E-state index contributed by atoms with van der Waals surface area (Å²) in [5.74, 6) is 2.26. The van der Waals surface area contributed by atoms with E-state index in [2.05, 4.69) is 24.1 Å². The first-order valence-corrected chi connectivity index (χ1v) is 7.03. The van der Waals surface area contributed by atoms with E-state index < -0.39 is 0 Å². The highest BCUT2D eigenvalue weighted by molar-refractivity contribution is 5.49. The highest BCUT2D eigenvalue weighted by Crippen LogP contribution is 2.21. The molecule has 0 aromatic carbocycles. The lowest BCUT2D eigenvalue weighted by Gasteiger charge is -2.14. The smallest absolute Gasteiger partial charge is 0.168 e. The van der Waals surface area contributed by atoms with E-state index >= 15 is 0 Å². The summed E-state index contributed by atoms with van der Waals surface area (Å²) in [6, 6.07) is 3.80. The van der Waals surface area contributed by atoms with Crippen LogP contribution in [0.15, 0.2) is 18.3 Å². The summed E-state index contributed by atoms with van der Waals surface area (Å²) < 4.78 is 11.2. The van der Waals surface area contributed by atoms with Gasteiger partial charge in [-0.1, -0.05) is 13.8 Å². The van der Waals surface area contributed by atoms with Crippen molar-refractivity contribution in [2.24, 2.45) is 5.92 Å². The summed E-state index contributed by atoms with van der Waals surface area (Å²) in [6.07, 6.45) is 3.01. The van der Waals surface area contributed by atoms with Gasteiger partial charge in [0, 0.05) is 19.3 Å². The molecule has 0 aliphatic heterocycles. The molecule has 1 aromatic rings. The molecule has 0 fully saturated rings. The van der Waals surface area contributed by atoms with Crippen LogP contribution >= 0.6 is 0 Å². The molecule has 1 heterocycles. The standard InChI is InChI=1S/C15H26N2O2/c1-12(2)7-10-18-11-9-17-15-14(19-13(3)4)6-5-8-16-15/h5-6,8,12-13H,7,9-11H2,1-4H3,(H,16,17). The Morgan fingerprint density at radius 1 is 1.21 bits per heavy atom. The molecule has 1 N–H and O–H groups in total. The molecule has 0 saturated carbocycles. The SMILES string of the molecule is CC(C)CCOCCNc1ncccc1OC(C)C. The van der Waals surface area contributed by atoms with Crippen molar-refractivity contribution >= 4 is 5.82 Å². The van der Waals surface area contributed by atoms with Gasteiger partial charge in [0.25, 0.3) is 0 Å². The van der Waals surface area contributed by atoms with Gasteiger partial charge in [-0.05, 0) is 38.3 Å². The van der Waals surface area contributed by atoms with Gasteiger partial charge in [-0.2, -0.15) is 0 Å². The minimum Gasteiger partial charge on any atom is -0.487 e. The third-order valence-electron chi connectivity index (χ3n) is 2.51. The monoisotopic (exact) mass is 266 g/mol. The number of pyridine rings is 1. The van der Waals surface area contributed by atoms with Gasteiger partial charge in [-0.15, -0.1) is 0 Å². The van der Waals surface area contributed by atoms with Gasteiger partial charge < -0.3 is 14.8 Å². The van der Waals surface area contributed by atoms with Gasteiger partial charge in [0.15, 0.2) is 11.6 Å². The van der Waals surface area contributed by atoms with Crippen molar-refractivity contribution in [2.75, 3.05) is 25.1 Å². The molecular weight excluding hydrogens is 240 g/mol. The van der Waals surface area contributed by atoms with Gasteiger partial charge >= 0.3 is 0 Å². The molecule has 1 aromatic heterocycles. The van der Waals surface area contributed by atoms with Crippen LogP contribution in [-0.2, 0) is 4.74 Å². The van der Waals surface area contributed by atoms with Gasteiger partial charge in [0.2, 0.25) is 0 Å². The lowest BCUT2D eigenvalue weighted by molar-refractivity contribution is 0.132. The Labute approximate surface area is 116 Å². The molecule has 0 atom stereocenters. The second-order valence-corrected chi connectivity index (χ2v) is 5.24. The van der Waals surface area contributed by atoms with Gasteiger partial charge in [0.05, 0.1) is 12.7 Å². The van der Waals surface area contributed by atoms with E-state index in [1.807, 2.05) is 26.0 Å². The van der Waals surface area contributed by atoms with E-state index in [9.17, 15) is 0 Å². The number of aromatic nitrogens is 1. The number of nitrogens with zero attached hydrogens (tertiary/aromatic N) is 1. The first-order valence-electron chi connectivity index (χ1n) is 7.03. The van der Waals surface area contributed by atoms with E-state index in [0.29, 0.717) is 12.5 Å². The quantitative estimate of drug-likeness (QED) is 0.696. The molecule has 0 unspecified atom stereocenters. The van der Waals surface area contributed by atoms with Gasteiger partial charge in [-0.25, -0.2) is 4.98 Å². The van der Waals surface area contributed by atoms with Crippen molar-refractivity contribution in [1.82, 2.24) is 4.98 Å². The highest BCUT2D eigenvalue weighted by atomic mass is 16.5. The van der Waals surface area contributed by atoms with Gasteiger partial charge in [-0.3, -0.25) is 0 Å². The lowest BCUT2D eigenvalue weighted by Crippen LogP contribution is -2.14. The van der Waals surface area contributed by atoms with Crippen LogP contribution in [0.2, 0.25) is 0 Å². The predicted molar refractivity (Wildman–Crippen MR) is 78.8 cm³/mol. The van der Waals surface area contributed by atoms with Crippen molar-refractivity contribution in [3.05, 3.63) is 18.3 Å². The number of rotatable bonds is 9. The lowest BCUT2D eigenvalue weighted by atomic mass is 10.1.